The van der Waals surface area contributed by atoms with Gasteiger partial charge in [-0.05, 0) is 24.1 Å². The van der Waals surface area contributed by atoms with Gasteiger partial charge in [0.1, 0.15) is 0 Å². The van der Waals surface area contributed by atoms with Gasteiger partial charge in [0.2, 0.25) is 0 Å². The molecule has 0 aliphatic carbocycles. The molecule has 0 radical (unpaired) electrons. The topological polar surface area (TPSA) is 39.1 Å². The lowest BCUT2D eigenvalue weighted by atomic mass is 10.1. The average molecular weight is 245 g/mol. The second-order valence-corrected chi connectivity index (χ2v) is 4.23. The molecule has 0 atom stereocenters. The van der Waals surface area contributed by atoms with E-state index < -0.39 is 0 Å². The molecule has 1 heterocycles. The first-order chi connectivity index (χ1) is 8.79. The molecule has 0 spiro atoms. The van der Waals surface area contributed by atoms with E-state index in [1.54, 1.807) is 7.11 Å². The van der Waals surface area contributed by atoms with E-state index in [2.05, 4.69) is 28.6 Å². The molecule has 0 fully saturated rings. The second-order valence-electron chi connectivity index (χ2n) is 4.23. The maximum atomic E-state index is 5.12. The Balaban J connectivity index is 1.99. The first-order valence-electron chi connectivity index (χ1n) is 6.09. The highest BCUT2D eigenvalue weighted by Gasteiger charge is 2.02. The lowest BCUT2D eigenvalue weighted by Crippen LogP contribution is -2.05. The van der Waals surface area contributed by atoms with E-state index in [4.69, 9.17) is 4.74 Å². The Morgan fingerprint density at radius 2 is 2.11 bits per heavy atom. The van der Waals surface area contributed by atoms with E-state index in [0.29, 0.717) is 0 Å². The van der Waals surface area contributed by atoms with Gasteiger partial charge in [0.05, 0.1) is 18.8 Å². The third kappa shape index (κ3) is 3.34. The number of ether oxygens (including phenoxy) is 1. The van der Waals surface area contributed by atoms with Crippen LogP contribution in [0.3, 0.4) is 0 Å². The molecule has 1 N–H and O–H groups in total. The van der Waals surface area contributed by atoms with Crippen molar-refractivity contribution in [3.05, 3.63) is 47.8 Å². The zero-order valence-electron chi connectivity index (χ0n) is 10.9. The number of benzene rings is 1. The lowest BCUT2D eigenvalue weighted by Gasteiger charge is -2.10. The predicted molar refractivity (Wildman–Crippen MR) is 72.6 cm³/mol. The molecular formula is C14H19N3O. The quantitative estimate of drug-likeness (QED) is 0.848. The van der Waals surface area contributed by atoms with E-state index in [9.17, 15) is 0 Å². The van der Waals surface area contributed by atoms with Crippen LogP contribution in [0.5, 0.6) is 0 Å². The Hall–Kier alpha value is -1.81. The van der Waals surface area contributed by atoms with Gasteiger partial charge in [-0.25, -0.2) is 0 Å². The van der Waals surface area contributed by atoms with Crippen molar-refractivity contribution < 1.29 is 4.74 Å². The molecule has 2 rings (SSSR count). The molecule has 0 aliphatic rings. The first kappa shape index (κ1) is 12.6. The van der Waals surface area contributed by atoms with Crippen LogP contribution in [0, 0.1) is 0 Å². The van der Waals surface area contributed by atoms with Crippen LogP contribution in [0.1, 0.15) is 11.3 Å². The minimum Gasteiger partial charge on any atom is -0.384 e. The van der Waals surface area contributed by atoms with Gasteiger partial charge < -0.3 is 10.1 Å². The third-order valence-electron chi connectivity index (χ3n) is 2.82. The zero-order valence-corrected chi connectivity index (χ0v) is 10.9. The molecule has 4 nitrogen and oxygen atoms in total. The maximum absolute atomic E-state index is 5.12. The summed E-state index contributed by atoms with van der Waals surface area (Å²) in [5, 5.41) is 7.77. The van der Waals surface area contributed by atoms with Gasteiger partial charge in [-0.1, -0.05) is 18.2 Å². The van der Waals surface area contributed by atoms with E-state index in [-0.39, 0.29) is 0 Å². The molecule has 1 aromatic carbocycles. The van der Waals surface area contributed by atoms with Crippen molar-refractivity contribution in [3.8, 4) is 0 Å². The zero-order chi connectivity index (χ0) is 12.8. The molecule has 1 aromatic heterocycles. The molecular weight excluding hydrogens is 226 g/mol. The van der Waals surface area contributed by atoms with Crippen molar-refractivity contribution in [2.45, 2.75) is 13.0 Å². The smallest absolute Gasteiger partial charge is 0.0815 e. The minimum atomic E-state index is 0.738. The molecule has 0 saturated carbocycles. The summed E-state index contributed by atoms with van der Waals surface area (Å²) in [6.45, 7) is 1.48. The van der Waals surface area contributed by atoms with Crippen molar-refractivity contribution in [2.24, 2.45) is 7.05 Å². The number of aromatic nitrogens is 2. The Labute approximate surface area is 108 Å². The van der Waals surface area contributed by atoms with Crippen molar-refractivity contribution >= 4 is 5.69 Å². The number of para-hydroxylation sites is 1. The molecule has 0 saturated heterocycles. The lowest BCUT2D eigenvalue weighted by molar-refractivity contribution is 0.202. The standard InChI is InChI=1S/C14H19N3O/c1-17-9-7-13(16-17)11-15-14-6-4-3-5-12(14)8-10-18-2/h3-7,9,15H,8,10-11H2,1-2H3. The molecule has 0 unspecified atom stereocenters. The van der Waals surface area contributed by atoms with Crippen LogP contribution in [0.25, 0.3) is 0 Å². The normalized spacial score (nSPS) is 10.6. The molecule has 0 aliphatic heterocycles. The third-order valence-corrected chi connectivity index (χ3v) is 2.82. The predicted octanol–water partition coefficient (Wildman–Crippen LogP) is 2.22. The SMILES string of the molecule is COCCc1ccccc1NCc1ccn(C)n1. The van der Waals surface area contributed by atoms with Crippen molar-refractivity contribution in [1.29, 1.82) is 0 Å². The van der Waals surface area contributed by atoms with Gasteiger partial charge in [-0.3, -0.25) is 4.68 Å². The van der Waals surface area contributed by atoms with Crippen LogP contribution in [-0.2, 0) is 24.8 Å². The average Bonchev–Trinajstić information content (AvgIpc) is 2.81. The van der Waals surface area contributed by atoms with Crippen LogP contribution in [0.4, 0.5) is 5.69 Å². The van der Waals surface area contributed by atoms with Crippen molar-refractivity contribution in [2.75, 3.05) is 19.0 Å². The number of nitrogens with zero attached hydrogens (tertiary/aromatic N) is 2. The van der Waals surface area contributed by atoms with Crippen molar-refractivity contribution in [3.63, 3.8) is 0 Å². The van der Waals surface area contributed by atoms with Crippen LogP contribution >= 0.6 is 0 Å². The maximum Gasteiger partial charge on any atom is 0.0815 e. The number of aryl methyl sites for hydroxylation is 1. The number of hydrogen-bond acceptors (Lipinski definition) is 3. The van der Waals surface area contributed by atoms with Gasteiger partial charge in [-0.15, -0.1) is 0 Å². The highest BCUT2D eigenvalue weighted by atomic mass is 16.5. The molecule has 4 heteroatoms. The van der Waals surface area contributed by atoms with E-state index in [1.165, 1.54) is 5.56 Å². The first-order valence-corrected chi connectivity index (χ1v) is 6.09. The minimum absolute atomic E-state index is 0.738. The van der Waals surface area contributed by atoms with E-state index in [1.807, 2.05) is 30.1 Å². The molecule has 2 aromatic rings. The van der Waals surface area contributed by atoms with E-state index >= 15 is 0 Å². The highest BCUT2D eigenvalue weighted by molar-refractivity contribution is 5.51. The number of hydrogen-bond donors (Lipinski definition) is 1. The van der Waals surface area contributed by atoms with Crippen LogP contribution < -0.4 is 5.32 Å². The molecule has 0 amide bonds. The summed E-state index contributed by atoms with van der Waals surface area (Å²) >= 11 is 0. The summed E-state index contributed by atoms with van der Waals surface area (Å²) < 4.78 is 6.94. The summed E-state index contributed by atoms with van der Waals surface area (Å²) in [5.41, 5.74) is 3.47. The number of methoxy groups -OCH3 is 1. The summed E-state index contributed by atoms with van der Waals surface area (Å²) in [6, 6.07) is 10.3. The highest BCUT2D eigenvalue weighted by Crippen LogP contribution is 2.16. The van der Waals surface area contributed by atoms with Crippen molar-refractivity contribution in [1.82, 2.24) is 9.78 Å². The van der Waals surface area contributed by atoms with Gasteiger partial charge in [0.15, 0.2) is 0 Å². The number of nitrogens with one attached hydrogen (secondary N) is 1. The summed E-state index contributed by atoms with van der Waals surface area (Å²) in [5.74, 6) is 0. The molecule has 96 valence electrons. The summed E-state index contributed by atoms with van der Waals surface area (Å²) in [6.07, 6.45) is 2.87. The van der Waals surface area contributed by atoms with E-state index in [0.717, 1.165) is 31.0 Å². The Morgan fingerprint density at radius 3 is 2.83 bits per heavy atom. The van der Waals surface area contributed by atoms with Gasteiger partial charge in [-0.2, -0.15) is 5.10 Å². The Bertz CT molecular complexity index is 493. The van der Waals surface area contributed by atoms with Gasteiger partial charge in [0, 0.05) is 26.0 Å². The van der Waals surface area contributed by atoms with Crippen LogP contribution in [-0.4, -0.2) is 23.5 Å². The molecule has 18 heavy (non-hydrogen) atoms. The number of rotatable bonds is 6. The fourth-order valence-corrected chi connectivity index (χ4v) is 1.87. The summed E-state index contributed by atoms with van der Waals surface area (Å²) in [4.78, 5) is 0. The van der Waals surface area contributed by atoms with Crippen LogP contribution in [0.2, 0.25) is 0 Å². The Morgan fingerprint density at radius 1 is 1.28 bits per heavy atom. The fourth-order valence-electron chi connectivity index (χ4n) is 1.87. The summed E-state index contributed by atoms with van der Waals surface area (Å²) in [7, 11) is 3.65. The molecule has 0 bridgehead atoms. The second kappa shape index (κ2) is 6.21. The number of anilines is 1. The fraction of sp³-hybridized carbons (Fsp3) is 0.357. The van der Waals surface area contributed by atoms with Gasteiger partial charge >= 0.3 is 0 Å². The van der Waals surface area contributed by atoms with Gasteiger partial charge in [0.25, 0.3) is 0 Å². The van der Waals surface area contributed by atoms with Crippen LogP contribution in [0.15, 0.2) is 36.5 Å². The Kier molecular flexibility index (Phi) is 4.36. The largest absolute Gasteiger partial charge is 0.384 e. The monoisotopic (exact) mass is 245 g/mol.